The van der Waals surface area contributed by atoms with E-state index >= 15 is 0 Å². The van der Waals surface area contributed by atoms with Gasteiger partial charge in [-0.2, -0.15) is 0 Å². The molecule has 1 aliphatic rings. The number of rotatable bonds is 5. The molecule has 0 heterocycles. The van der Waals surface area contributed by atoms with Gasteiger partial charge in [0.15, 0.2) is 17.5 Å². The van der Waals surface area contributed by atoms with Gasteiger partial charge in [0.25, 0.3) is 0 Å². The van der Waals surface area contributed by atoms with E-state index in [0.717, 1.165) is 37.0 Å². The van der Waals surface area contributed by atoms with Crippen molar-refractivity contribution < 1.29 is 26.3 Å². The Morgan fingerprint density at radius 2 is 1.43 bits per heavy atom. The zero-order valence-electron chi connectivity index (χ0n) is 19.3. The molecule has 0 bridgehead atoms. The summed E-state index contributed by atoms with van der Waals surface area (Å²) in [6.45, 7) is 2.07. The SMILES string of the molecule is CCCCCc1cc(F)c(C2CCc3cc(C#Cc4cc(F)c(F)c(F)c4)c(F)cc3C2)c(F)c1. The van der Waals surface area contributed by atoms with Crippen molar-refractivity contribution >= 4 is 0 Å². The van der Waals surface area contributed by atoms with Crippen LogP contribution in [0.5, 0.6) is 0 Å². The normalized spacial score (nSPS) is 14.9. The summed E-state index contributed by atoms with van der Waals surface area (Å²) in [4.78, 5) is 0. The molecular formula is C29H24F6. The van der Waals surface area contributed by atoms with E-state index in [4.69, 9.17) is 0 Å². The summed E-state index contributed by atoms with van der Waals surface area (Å²) < 4.78 is 84.3. The van der Waals surface area contributed by atoms with Crippen LogP contribution in [0.4, 0.5) is 26.3 Å². The fourth-order valence-electron chi connectivity index (χ4n) is 4.64. The second-order valence-electron chi connectivity index (χ2n) is 8.97. The largest absolute Gasteiger partial charge is 0.207 e. The molecule has 0 spiro atoms. The lowest BCUT2D eigenvalue weighted by Crippen LogP contribution is -2.16. The van der Waals surface area contributed by atoms with Gasteiger partial charge in [0.05, 0.1) is 5.56 Å². The average Bonchev–Trinajstić information content (AvgIpc) is 2.81. The number of aryl methyl sites for hydroxylation is 2. The number of fused-ring (bicyclic) bond motifs is 1. The first kappa shape index (κ1) is 24.9. The van der Waals surface area contributed by atoms with Gasteiger partial charge in [0.1, 0.15) is 17.5 Å². The van der Waals surface area contributed by atoms with Gasteiger partial charge in [-0.1, -0.05) is 31.6 Å². The number of hydrogen-bond donors (Lipinski definition) is 0. The number of unbranched alkanes of at least 4 members (excludes halogenated alkanes) is 2. The molecule has 1 aliphatic carbocycles. The van der Waals surface area contributed by atoms with Crippen LogP contribution in [0.15, 0.2) is 36.4 Å². The van der Waals surface area contributed by atoms with Crippen LogP contribution in [0.1, 0.15) is 71.9 Å². The van der Waals surface area contributed by atoms with Crippen molar-refractivity contribution in [1.82, 2.24) is 0 Å². The molecule has 0 aliphatic heterocycles. The molecular weight excluding hydrogens is 462 g/mol. The van der Waals surface area contributed by atoms with Crippen molar-refractivity contribution in [2.45, 2.75) is 57.8 Å². The van der Waals surface area contributed by atoms with Gasteiger partial charge in [-0.3, -0.25) is 0 Å². The predicted molar refractivity (Wildman–Crippen MR) is 123 cm³/mol. The van der Waals surface area contributed by atoms with Crippen LogP contribution in [0.2, 0.25) is 0 Å². The van der Waals surface area contributed by atoms with E-state index < -0.39 is 40.8 Å². The maximum atomic E-state index is 14.9. The third kappa shape index (κ3) is 5.56. The minimum Gasteiger partial charge on any atom is -0.207 e. The predicted octanol–water partition coefficient (Wildman–Crippen LogP) is 7.93. The third-order valence-electron chi connectivity index (χ3n) is 6.46. The molecule has 0 aromatic heterocycles. The van der Waals surface area contributed by atoms with Crippen molar-refractivity contribution in [2.75, 3.05) is 0 Å². The summed E-state index contributed by atoms with van der Waals surface area (Å²) in [6, 6.07) is 7.14. The first-order valence-corrected chi connectivity index (χ1v) is 11.7. The van der Waals surface area contributed by atoms with E-state index in [2.05, 4.69) is 18.8 Å². The van der Waals surface area contributed by atoms with Crippen molar-refractivity contribution in [2.24, 2.45) is 0 Å². The Hall–Kier alpha value is -3.20. The number of hydrogen-bond acceptors (Lipinski definition) is 0. The maximum Gasteiger partial charge on any atom is 0.194 e. The number of halogens is 6. The zero-order valence-corrected chi connectivity index (χ0v) is 19.3. The molecule has 1 atom stereocenters. The first-order valence-electron chi connectivity index (χ1n) is 11.7. The highest BCUT2D eigenvalue weighted by atomic mass is 19.2. The lowest BCUT2D eigenvalue weighted by molar-refractivity contribution is 0.446. The molecule has 0 radical (unpaired) electrons. The highest BCUT2D eigenvalue weighted by Crippen LogP contribution is 2.36. The van der Waals surface area contributed by atoms with Gasteiger partial charge < -0.3 is 0 Å². The summed E-state index contributed by atoms with van der Waals surface area (Å²) in [6.07, 6.45) is 4.78. The second kappa shape index (κ2) is 10.6. The second-order valence-corrected chi connectivity index (χ2v) is 8.97. The lowest BCUT2D eigenvalue weighted by atomic mass is 9.79. The number of benzene rings is 3. The summed E-state index contributed by atoms with van der Waals surface area (Å²) in [7, 11) is 0. The molecule has 1 unspecified atom stereocenters. The third-order valence-corrected chi connectivity index (χ3v) is 6.46. The monoisotopic (exact) mass is 486 g/mol. The molecule has 182 valence electrons. The minimum atomic E-state index is -1.59. The molecule has 0 saturated carbocycles. The molecule has 0 saturated heterocycles. The van der Waals surface area contributed by atoms with Gasteiger partial charge in [-0.05, 0) is 91.1 Å². The Labute approximate surface area is 201 Å². The van der Waals surface area contributed by atoms with Gasteiger partial charge >= 0.3 is 0 Å². The summed E-state index contributed by atoms with van der Waals surface area (Å²) in [5.41, 5.74) is 2.04. The van der Waals surface area contributed by atoms with Gasteiger partial charge in [-0.15, -0.1) is 0 Å². The fraction of sp³-hybridized carbons (Fsp3) is 0.310. The van der Waals surface area contributed by atoms with Crippen LogP contribution in [0, 0.1) is 46.7 Å². The molecule has 0 amide bonds. The standard InChI is InChI=1S/C29H24F6/c1-2-3-4-5-17-10-24(31)28(25(32)11-17)21-9-8-19-14-20(23(30)16-22(19)15-21)7-6-18-12-26(33)29(35)27(34)13-18/h10-14,16,21H,2-5,8-9,15H2,1H3. The molecule has 4 rings (SSSR count). The molecule has 35 heavy (non-hydrogen) atoms. The molecule has 0 N–H and O–H groups in total. The Bertz CT molecular complexity index is 1270. The summed E-state index contributed by atoms with van der Waals surface area (Å²) >= 11 is 0. The Kier molecular flexibility index (Phi) is 7.54. The average molecular weight is 486 g/mol. The van der Waals surface area contributed by atoms with Crippen molar-refractivity contribution in [3.8, 4) is 11.8 Å². The van der Waals surface area contributed by atoms with E-state index in [0.29, 0.717) is 30.4 Å². The minimum absolute atomic E-state index is 0.0288. The van der Waals surface area contributed by atoms with Crippen LogP contribution in [-0.2, 0) is 19.3 Å². The summed E-state index contributed by atoms with van der Waals surface area (Å²) in [5.74, 6) is -1.53. The Balaban J connectivity index is 1.55. The molecule has 3 aromatic rings. The zero-order chi connectivity index (χ0) is 25.1. The highest BCUT2D eigenvalue weighted by Gasteiger charge is 2.27. The van der Waals surface area contributed by atoms with Gasteiger partial charge in [0, 0.05) is 11.1 Å². The van der Waals surface area contributed by atoms with Crippen molar-refractivity contribution in [1.29, 1.82) is 0 Å². The van der Waals surface area contributed by atoms with E-state index in [1.165, 1.54) is 18.2 Å². The van der Waals surface area contributed by atoms with E-state index in [-0.39, 0.29) is 23.1 Å². The van der Waals surface area contributed by atoms with E-state index in [1.807, 2.05) is 0 Å². The summed E-state index contributed by atoms with van der Waals surface area (Å²) in [5, 5.41) is 0. The lowest BCUT2D eigenvalue weighted by Gasteiger charge is -2.26. The van der Waals surface area contributed by atoms with Crippen molar-refractivity contribution in [3.05, 3.63) is 105 Å². The van der Waals surface area contributed by atoms with E-state index in [9.17, 15) is 26.3 Å². The first-order chi connectivity index (χ1) is 16.8. The molecule has 6 heteroatoms. The van der Waals surface area contributed by atoms with Crippen LogP contribution in [-0.4, -0.2) is 0 Å². The van der Waals surface area contributed by atoms with Gasteiger partial charge in [0.2, 0.25) is 0 Å². The Morgan fingerprint density at radius 1 is 0.743 bits per heavy atom. The highest BCUT2D eigenvalue weighted by molar-refractivity contribution is 5.48. The van der Waals surface area contributed by atoms with Crippen LogP contribution >= 0.6 is 0 Å². The molecule has 0 nitrogen and oxygen atoms in total. The topological polar surface area (TPSA) is 0 Å². The van der Waals surface area contributed by atoms with Gasteiger partial charge in [-0.25, -0.2) is 26.3 Å². The van der Waals surface area contributed by atoms with Crippen molar-refractivity contribution in [3.63, 3.8) is 0 Å². The smallest absolute Gasteiger partial charge is 0.194 e. The fourth-order valence-corrected chi connectivity index (χ4v) is 4.64. The van der Waals surface area contributed by atoms with Crippen LogP contribution < -0.4 is 0 Å². The van der Waals surface area contributed by atoms with E-state index in [1.54, 1.807) is 6.07 Å². The maximum absolute atomic E-state index is 14.9. The van der Waals surface area contributed by atoms with Crippen LogP contribution in [0.3, 0.4) is 0 Å². The molecule has 0 fully saturated rings. The van der Waals surface area contributed by atoms with Crippen LogP contribution in [0.25, 0.3) is 0 Å². The molecule has 3 aromatic carbocycles. The quantitative estimate of drug-likeness (QED) is 0.149. The Morgan fingerprint density at radius 3 is 2.09 bits per heavy atom.